The van der Waals surface area contributed by atoms with Gasteiger partial charge in [0.05, 0.1) is 15.7 Å². The van der Waals surface area contributed by atoms with Crippen LogP contribution in [0.15, 0.2) is 28.1 Å². The molecule has 0 saturated heterocycles. The Morgan fingerprint density at radius 1 is 1.47 bits per heavy atom. The van der Waals surface area contributed by atoms with E-state index in [1.807, 2.05) is 19.1 Å². The number of aryl methyl sites for hydroxylation is 1. The van der Waals surface area contributed by atoms with Crippen molar-refractivity contribution in [2.45, 2.75) is 26.3 Å². The molecule has 0 radical (unpaired) electrons. The van der Waals surface area contributed by atoms with Crippen LogP contribution >= 0.6 is 38.9 Å². The van der Waals surface area contributed by atoms with Gasteiger partial charge in [-0.15, -0.1) is 11.3 Å². The minimum Gasteiger partial charge on any atom is -0.310 e. The van der Waals surface area contributed by atoms with Gasteiger partial charge in [0.25, 0.3) is 0 Å². The SMILES string of the molecule is CCNC(Cc1csc(C)n1)c1ccc(Br)c(Cl)c1. The van der Waals surface area contributed by atoms with Crippen molar-refractivity contribution in [3.05, 3.63) is 49.3 Å². The summed E-state index contributed by atoms with van der Waals surface area (Å²) in [5, 5.41) is 7.47. The van der Waals surface area contributed by atoms with E-state index in [1.165, 1.54) is 5.56 Å². The first-order valence-electron chi connectivity index (χ1n) is 6.19. The van der Waals surface area contributed by atoms with E-state index in [0.717, 1.165) is 33.2 Å². The van der Waals surface area contributed by atoms with Crippen molar-refractivity contribution in [1.29, 1.82) is 0 Å². The first-order valence-corrected chi connectivity index (χ1v) is 8.24. The van der Waals surface area contributed by atoms with Crippen molar-refractivity contribution >= 4 is 38.9 Å². The molecule has 19 heavy (non-hydrogen) atoms. The van der Waals surface area contributed by atoms with Gasteiger partial charge in [-0.3, -0.25) is 0 Å². The summed E-state index contributed by atoms with van der Waals surface area (Å²) in [7, 11) is 0. The summed E-state index contributed by atoms with van der Waals surface area (Å²) in [5.41, 5.74) is 2.33. The van der Waals surface area contributed by atoms with Crippen LogP contribution in [0.2, 0.25) is 5.02 Å². The van der Waals surface area contributed by atoms with Gasteiger partial charge >= 0.3 is 0 Å². The fraction of sp³-hybridized carbons (Fsp3) is 0.357. The zero-order valence-corrected chi connectivity index (χ0v) is 14.1. The summed E-state index contributed by atoms with van der Waals surface area (Å²) in [4.78, 5) is 4.53. The molecule has 1 heterocycles. The summed E-state index contributed by atoms with van der Waals surface area (Å²) >= 11 is 11.3. The monoisotopic (exact) mass is 358 g/mol. The molecule has 0 fully saturated rings. The van der Waals surface area contributed by atoms with Gasteiger partial charge in [0.1, 0.15) is 0 Å². The predicted molar refractivity (Wildman–Crippen MR) is 86.1 cm³/mol. The molecule has 0 saturated carbocycles. The highest BCUT2D eigenvalue weighted by atomic mass is 79.9. The van der Waals surface area contributed by atoms with Crippen molar-refractivity contribution in [3.8, 4) is 0 Å². The van der Waals surface area contributed by atoms with Crippen LogP contribution in [0.5, 0.6) is 0 Å². The molecule has 1 unspecified atom stereocenters. The highest BCUT2D eigenvalue weighted by Gasteiger charge is 2.14. The van der Waals surface area contributed by atoms with Gasteiger partial charge < -0.3 is 5.32 Å². The molecule has 0 aliphatic carbocycles. The lowest BCUT2D eigenvalue weighted by Crippen LogP contribution is -2.23. The Kier molecular flexibility index (Phi) is 5.39. The molecule has 1 atom stereocenters. The quantitative estimate of drug-likeness (QED) is 0.832. The fourth-order valence-electron chi connectivity index (χ4n) is 1.99. The van der Waals surface area contributed by atoms with E-state index >= 15 is 0 Å². The van der Waals surface area contributed by atoms with Crippen LogP contribution in [0.4, 0.5) is 0 Å². The third-order valence-corrected chi connectivity index (χ3v) is 4.93. The molecule has 0 amide bonds. The van der Waals surface area contributed by atoms with Gasteiger partial charge in [-0.25, -0.2) is 4.98 Å². The molecule has 5 heteroatoms. The number of benzene rings is 1. The Morgan fingerprint density at radius 3 is 2.84 bits per heavy atom. The van der Waals surface area contributed by atoms with Crippen molar-refractivity contribution < 1.29 is 0 Å². The second kappa shape index (κ2) is 6.84. The number of nitrogens with zero attached hydrogens (tertiary/aromatic N) is 1. The van der Waals surface area contributed by atoms with Crippen LogP contribution in [0, 0.1) is 6.92 Å². The molecule has 2 aromatic rings. The Bertz CT molecular complexity index is 556. The van der Waals surface area contributed by atoms with Crippen molar-refractivity contribution in [2.75, 3.05) is 6.54 Å². The maximum Gasteiger partial charge on any atom is 0.0897 e. The highest BCUT2D eigenvalue weighted by molar-refractivity contribution is 9.10. The van der Waals surface area contributed by atoms with Gasteiger partial charge in [0, 0.05) is 22.3 Å². The largest absolute Gasteiger partial charge is 0.310 e. The smallest absolute Gasteiger partial charge is 0.0897 e. The number of hydrogen-bond acceptors (Lipinski definition) is 3. The molecule has 1 aromatic carbocycles. The number of nitrogens with one attached hydrogen (secondary N) is 1. The summed E-state index contributed by atoms with van der Waals surface area (Å²) in [5.74, 6) is 0. The van der Waals surface area contributed by atoms with Crippen LogP contribution in [-0.2, 0) is 6.42 Å². The number of thiazole rings is 1. The number of hydrogen-bond donors (Lipinski definition) is 1. The fourth-order valence-corrected chi connectivity index (χ4v) is 3.06. The lowest BCUT2D eigenvalue weighted by atomic mass is 10.0. The molecular formula is C14H16BrClN2S. The summed E-state index contributed by atoms with van der Waals surface area (Å²) in [6.07, 6.45) is 0.885. The zero-order valence-electron chi connectivity index (χ0n) is 10.9. The molecule has 0 aliphatic rings. The number of likely N-dealkylation sites (N-methyl/N-ethyl adjacent to an activating group) is 1. The summed E-state index contributed by atoms with van der Waals surface area (Å²) in [6, 6.07) is 6.35. The highest BCUT2D eigenvalue weighted by Crippen LogP contribution is 2.27. The maximum atomic E-state index is 6.18. The van der Waals surface area contributed by atoms with Gasteiger partial charge in [0.2, 0.25) is 0 Å². The second-order valence-electron chi connectivity index (χ2n) is 4.35. The first kappa shape index (κ1) is 15.0. The Labute approximate surface area is 131 Å². The van der Waals surface area contributed by atoms with Crippen LogP contribution < -0.4 is 5.32 Å². The van der Waals surface area contributed by atoms with E-state index in [0.29, 0.717) is 0 Å². The molecule has 1 N–H and O–H groups in total. The molecule has 0 spiro atoms. The number of halogens is 2. The standard InChI is InChI=1S/C14H16BrClN2S/c1-3-17-14(7-11-8-19-9(2)18-11)10-4-5-12(15)13(16)6-10/h4-6,8,14,17H,3,7H2,1-2H3. The summed E-state index contributed by atoms with van der Waals surface area (Å²) in [6.45, 7) is 5.06. The lowest BCUT2D eigenvalue weighted by molar-refractivity contribution is 0.545. The van der Waals surface area contributed by atoms with Crippen molar-refractivity contribution in [2.24, 2.45) is 0 Å². The first-order chi connectivity index (χ1) is 9.10. The topological polar surface area (TPSA) is 24.9 Å². The Balaban J connectivity index is 2.21. The van der Waals surface area contributed by atoms with Gasteiger partial charge in [-0.2, -0.15) is 0 Å². The summed E-state index contributed by atoms with van der Waals surface area (Å²) < 4.78 is 0.928. The predicted octanol–water partition coefficient (Wildman–Crippen LogP) is 4.76. The average Bonchev–Trinajstić information content (AvgIpc) is 2.78. The molecule has 2 rings (SSSR count). The molecule has 0 bridgehead atoms. The van der Waals surface area contributed by atoms with Crippen molar-refractivity contribution in [3.63, 3.8) is 0 Å². The van der Waals surface area contributed by atoms with Gasteiger partial charge in [0.15, 0.2) is 0 Å². The van der Waals surface area contributed by atoms with E-state index < -0.39 is 0 Å². The molecular weight excluding hydrogens is 344 g/mol. The van der Waals surface area contributed by atoms with E-state index in [2.05, 4.69) is 44.6 Å². The van der Waals surface area contributed by atoms with Crippen LogP contribution in [0.3, 0.4) is 0 Å². The molecule has 0 aliphatic heterocycles. The second-order valence-corrected chi connectivity index (χ2v) is 6.67. The van der Waals surface area contributed by atoms with Crippen molar-refractivity contribution in [1.82, 2.24) is 10.3 Å². The molecule has 102 valence electrons. The van der Waals surface area contributed by atoms with E-state index in [9.17, 15) is 0 Å². The number of rotatable bonds is 5. The third-order valence-electron chi connectivity index (χ3n) is 2.88. The minimum absolute atomic E-state index is 0.247. The van der Waals surface area contributed by atoms with Gasteiger partial charge in [-0.05, 0) is 47.1 Å². The number of aromatic nitrogens is 1. The lowest BCUT2D eigenvalue weighted by Gasteiger charge is -2.18. The molecule has 2 nitrogen and oxygen atoms in total. The molecule has 1 aromatic heterocycles. The van der Waals surface area contributed by atoms with Crippen LogP contribution in [0.1, 0.15) is 29.2 Å². The van der Waals surface area contributed by atoms with Crippen LogP contribution in [0.25, 0.3) is 0 Å². The van der Waals surface area contributed by atoms with E-state index in [-0.39, 0.29) is 6.04 Å². The average molecular weight is 360 g/mol. The maximum absolute atomic E-state index is 6.18. The Hall–Kier alpha value is -0.420. The normalized spacial score (nSPS) is 12.6. The van der Waals surface area contributed by atoms with Crippen LogP contribution in [-0.4, -0.2) is 11.5 Å². The third kappa shape index (κ3) is 4.02. The van der Waals surface area contributed by atoms with E-state index in [4.69, 9.17) is 11.6 Å². The van der Waals surface area contributed by atoms with E-state index in [1.54, 1.807) is 11.3 Å². The van der Waals surface area contributed by atoms with Gasteiger partial charge in [-0.1, -0.05) is 24.6 Å². The zero-order chi connectivity index (χ0) is 13.8. The Morgan fingerprint density at radius 2 is 2.26 bits per heavy atom. The minimum atomic E-state index is 0.247.